The molecule has 0 bridgehead atoms. The van der Waals surface area contributed by atoms with Gasteiger partial charge in [0.1, 0.15) is 6.04 Å². The van der Waals surface area contributed by atoms with E-state index in [4.69, 9.17) is 4.74 Å². The van der Waals surface area contributed by atoms with Gasteiger partial charge in [-0.2, -0.15) is 0 Å². The first-order valence-electron chi connectivity index (χ1n) is 7.30. The van der Waals surface area contributed by atoms with Crippen LogP contribution in [0.3, 0.4) is 0 Å². The molecular weight excluding hydrogens is 252 g/mol. The van der Waals surface area contributed by atoms with Crippen molar-refractivity contribution in [2.45, 2.75) is 38.8 Å². The third kappa shape index (κ3) is 4.23. The highest BCUT2D eigenvalue weighted by Gasteiger charge is 2.30. The lowest BCUT2D eigenvalue weighted by atomic mass is 10.2. The van der Waals surface area contributed by atoms with E-state index in [1.54, 1.807) is 0 Å². The number of carbonyl (C=O) groups is 1. The maximum atomic E-state index is 12.0. The van der Waals surface area contributed by atoms with E-state index >= 15 is 0 Å². The summed E-state index contributed by atoms with van der Waals surface area (Å²) in [5, 5.41) is 3.37. The lowest BCUT2D eigenvalue weighted by Gasteiger charge is -2.25. The predicted molar refractivity (Wildman–Crippen MR) is 81.0 cm³/mol. The lowest BCUT2D eigenvalue weighted by Crippen LogP contribution is -2.47. The highest BCUT2D eigenvalue weighted by atomic mass is 16.5. The Labute approximate surface area is 121 Å². The zero-order valence-electron chi connectivity index (χ0n) is 12.6. The molecule has 0 spiro atoms. The van der Waals surface area contributed by atoms with Crippen LogP contribution >= 0.6 is 0 Å². The molecule has 20 heavy (non-hydrogen) atoms. The van der Waals surface area contributed by atoms with Crippen LogP contribution in [0.25, 0.3) is 0 Å². The number of benzene rings is 1. The minimum atomic E-state index is -0.257. The number of likely N-dealkylation sites (N-methyl/N-ethyl adjacent to an activating group) is 1. The van der Waals surface area contributed by atoms with Crippen LogP contribution in [0.5, 0.6) is 0 Å². The second-order valence-corrected chi connectivity index (χ2v) is 5.47. The van der Waals surface area contributed by atoms with E-state index in [-0.39, 0.29) is 12.0 Å². The number of hydrogen-bond donors (Lipinski definition) is 1. The second-order valence-electron chi connectivity index (χ2n) is 5.47. The summed E-state index contributed by atoms with van der Waals surface area (Å²) in [5.74, 6) is -0.154. The Bertz CT molecular complexity index is 458. The van der Waals surface area contributed by atoms with Crippen molar-refractivity contribution in [1.82, 2.24) is 5.32 Å². The van der Waals surface area contributed by atoms with Crippen molar-refractivity contribution in [2.24, 2.45) is 0 Å². The van der Waals surface area contributed by atoms with Gasteiger partial charge in [-0.1, -0.05) is 12.1 Å². The molecule has 1 atom stereocenters. The van der Waals surface area contributed by atoms with E-state index in [0.717, 1.165) is 18.5 Å². The van der Waals surface area contributed by atoms with Gasteiger partial charge in [-0.05, 0) is 44.4 Å². The number of esters is 1. The number of carbonyl (C=O) groups excluding carboxylic acids is 1. The largest absolute Gasteiger partial charge is 0.465 e. The van der Waals surface area contributed by atoms with Crippen molar-refractivity contribution in [3.8, 4) is 0 Å². The molecule has 1 unspecified atom stereocenters. The number of ether oxygens (including phenoxy) is 1. The van der Waals surface area contributed by atoms with Crippen molar-refractivity contribution in [1.29, 1.82) is 0 Å². The Morgan fingerprint density at radius 3 is 2.85 bits per heavy atom. The van der Waals surface area contributed by atoms with Gasteiger partial charge >= 0.3 is 5.97 Å². The molecule has 0 amide bonds. The summed E-state index contributed by atoms with van der Waals surface area (Å²) in [7, 11) is 2.01. The Balaban J connectivity index is 2.00. The number of rotatable bonds is 7. The maximum Gasteiger partial charge on any atom is 0.324 e. The van der Waals surface area contributed by atoms with Crippen molar-refractivity contribution >= 4 is 11.7 Å². The predicted octanol–water partition coefficient (Wildman–Crippen LogP) is 2.11. The first-order valence-corrected chi connectivity index (χ1v) is 7.30. The smallest absolute Gasteiger partial charge is 0.324 e. The normalized spacial score (nSPS) is 15.8. The Morgan fingerprint density at radius 2 is 2.25 bits per heavy atom. The average molecular weight is 276 g/mol. The van der Waals surface area contributed by atoms with E-state index in [2.05, 4.69) is 35.3 Å². The number of aryl methyl sites for hydroxylation is 1. The van der Waals surface area contributed by atoms with Crippen LogP contribution in [0.2, 0.25) is 0 Å². The molecule has 4 heteroatoms. The summed E-state index contributed by atoms with van der Waals surface area (Å²) in [6.45, 7) is 4.97. The molecule has 1 N–H and O–H groups in total. The van der Waals surface area contributed by atoms with Crippen LogP contribution in [-0.2, 0) is 9.53 Å². The zero-order chi connectivity index (χ0) is 14.5. The fraction of sp³-hybridized carbons (Fsp3) is 0.562. The maximum absolute atomic E-state index is 12.0. The molecule has 110 valence electrons. The van der Waals surface area contributed by atoms with Gasteiger partial charge in [-0.15, -0.1) is 0 Å². The Kier molecular flexibility index (Phi) is 5.01. The quantitative estimate of drug-likeness (QED) is 0.775. The number of nitrogens with one attached hydrogen (secondary N) is 1. The van der Waals surface area contributed by atoms with Gasteiger partial charge in [0.2, 0.25) is 0 Å². The van der Waals surface area contributed by atoms with Crippen LogP contribution in [0.4, 0.5) is 5.69 Å². The molecular formula is C16H24N2O2. The molecule has 2 rings (SSSR count). The highest BCUT2D eigenvalue weighted by Crippen LogP contribution is 2.21. The first kappa shape index (κ1) is 14.9. The standard InChI is InChI=1S/C16H24N2O2/c1-4-20-16(19)15(17-13-8-9-13)11-18(3)14-7-5-6-12(2)10-14/h5-7,10,13,15,17H,4,8-9,11H2,1-3H3. The molecule has 0 heterocycles. The van der Waals surface area contributed by atoms with Gasteiger partial charge in [0.15, 0.2) is 0 Å². The zero-order valence-corrected chi connectivity index (χ0v) is 12.6. The molecule has 1 aliphatic rings. The number of nitrogens with zero attached hydrogens (tertiary/aromatic N) is 1. The van der Waals surface area contributed by atoms with Gasteiger partial charge < -0.3 is 15.0 Å². The minimum Gasteiger partial charge on any atom is -0.465 e. The fourth-order valence-corrected chi connectivity index (χ4v) is 2.22. The van der Waals surface area contributed by atoms with Crippen LogP contribution < -0.4 is 10.2 Å². The molecule has 0 aromatic heterocycles. The number of anilines is 1. The fourth-order valence-electron chi connectivity index (χ4n) is 2.22. The third-order valence-corrected chi connectivity index (χ3v) is 3.48. The highest BCUT2D eigenvalue weighted by molar-refractivity contribution is 5.77. The monoisotopic (exact) mass is 276 g/mol. The molecule has 1 aromatic carbocycles. The van der Waals surface area contributed by atoms with Crippen LogP contribution in [0, 0.1) is 6.92 Å². The molecule has 4 nitrogen and oxygen atoms in total. The van der Waals surface area contributed by atoms with E-state index < -0.39 is 0 Å². The number of hydrogen-bond acceptors (Lipinski definition) is 4. The Morgan fingerprint density at radius 1 is 1.50 bits per heavy atom. The van der Waals surface area contributed by atoms with E-state index in [9.17, 15) is 4.79 Å². The SMILES string of the molecule is CCOC(=O)C(CN(C)c1cccc(C)c1)NC1CC1. The van der Waals surface area contributed by atoms with Gasteiger partial charge in [0.05, 0.1) is 6.61 Å². The lowest BCUT2D eigenvalue weighted by molar-refractivity contribution is -0.145. The van der Waals surface area contributed by atoms with Gasteiger partial charge in [-0.3, -0.25) is 4.79 Å². The van der Waals surface area contributed by atoms with E-state index in [0.29, 0.717) is 19.2 Å². The summed E-state index contributed by atoms with van der Waals surface area (Å²) in [4.78, 5) is 14.1. The van der Waals surface area contributed by atoms with Crippen molar-refractivity contribution in [2.75, 3.05) is 25.1 Å². The van der Waals surface area contributed by atoms with Crippen LogP contribution in [0.15, 0.2) is 24.3 Å². The van der Waals surface area contributed by atoms with Crippen LogP contribution in [-0.4, -0.2) is 38.3 Å². The summed E-state index contributed by atoms with van der Waals surface area (Å²) < 4.78 is 5.17. The summed E-state index contributed by atoms with van der Waals surface area (Å²) in [6, 6.07) is 8.52. The molecule has 0 aliphatic heterocycles. The molecule has 1 saturated carbocycles. The van der Waals surface area contributed by atoms with Crippen molar-refractivity contribution < 1.29 is 9.53 Å². The molecule has 1 aromatic rings. The first-order chi connectivity index (χ1) is 9.60. The topological polar surface area (TPSA) is 41.6 Å². The molecule has 0 saturated heterocycles. The third-order valence-electron chi connectivity index (χ3n) is 3.48. The summed E-state index contributed by atoms with van der Waals surface area (Å²) in [5.41, 5.74) is 2.34. The average Bonchev–Trinajstić information content (AvgIpc) is 3.22. The summed E-state index contributed by atoms with van der Waals surface area (Å²) in [6.07, 6.45) is 2.31. The van der Waals surface area contributed by atoms with Gasteiger partial charge in [0.25, 0.3) is 0 Å². The molecule has 0 radical (unpaired) electrons. The Hall–Kier alpha value is -1.55. The summed E-state index contributed by atoms with van der Waals surface area (Å²) >= 11 is 0. The molecule has 1 fully saturated rings. The second kappa shape index (κ2) is 6.75. The van der Waals surface area contributed by atoms with Crippen LogP contribution in [0.1, 0.15) is 25.3 Å². The van der Waals surface area contributed by atoms with Gasteiger partial charge in [-0.25, -0.2) is 0 Å². The molecule has 1 aliphatic carbocycles. The van der Waals surface area contributed by atoms with Gasteiger partial charge in [0, 0.05) is 25.3 Å². The van der Waals surface area contributed by atoms with E-state index in [1.165, 1.54) is 5.56 Å². The minimum absolute atomic E-state index is 0.154. The van der Waals surface area contributed by atoms with Crippen molar-refractivity contribution in [3.63, 3.8) is 0 Å². The van der Waals surface area contributed by atoms with Crippen molar-refractivity contribution in [3.05, 3.63) is 29.8 Å². The van der Waals surface area contributed by atoms with E-state index in [1.807, 2.05) is 20.0 Å².